The minimum absolute atomic E-state index is 0.321. The monoisotopic (exact) mass is 311 g/mol. The molecule has 0 saturated carbocycles. The van der Waals surface area contributed by atoms with Gasteiger partial charge in [0.15, 0.2) is 11.6 Å². The number of benzene rings is 2. The fraction of sp³-hybridized carbons (Fsp3) is 0.0625. The largest absolute Gasteiger partial charge is 0.329 e. The van der Waals surface area contributed by atoms with E-state index < -0.39 is 11.6 Å². The first-order chi connectivity index (χ1) is 11.1. The summed E-state index contributed by atoms with van der Waals surface area (Å²) in [5.74, 6) is -1.05. The molecule has 114 valence electrons. The van der Waals surface area contributed by atoms with E-state index in [0.29, 0.717) is 22.5 Å². The van der Waals surface area contributed by atoms with Crippen molar-refractivity contribution in [2.24, 2.45) is 0 Å². The highest BCUT2D eigenvalue weighted by atomic mass is 19.2. The molecule has 0 unspecified atom stereocenters. The van der Waals surface area contributed by atoms with E-state index in [0.717, 1.165) is 17.8 Å². The predicted molar refractivity (Wildman–Crippen MR) is 82.7 cm³/mol. The van der Waals surface area contributed by atoms with E-state index in [2.05, 4.69) is 15.2 Å². The van der Waals surface area contributed by atoms with Gasteiger partial charge in [0.2, 0.25) is 0 Å². The highest BCUT2D eigenvalue weighted by Crippen LogP contribution is 2.31. The van der Waals surface area contributed by atoms with E-state index in [1.807, 2.05) is 37.4 Å². The molecule has 2 heterocycles. The molecule has 0 bridgehead atoms. The molecule has 0 aliphatic carbocycles. The van der Waals surface area contributed by atoms with Gasteiger partial charge in [-0.1, -0.05) is 18.2 Å². The molecule has 2 aromatic heterocycles. The third kappa shape index (κ3) is 2.09. The molecule has 4 rings (SSSR count). The van der Waals surface area contributed by atoms with Crippen molar-refractivity contribution in [3.8, 4) is 0 Å². The lowest BCUT2D eigenvalue weighted by Crippen LogP contribution is -2.13. The Balaban J connectivity index is 2.06. The van der Waals surface area contributed by atoms with Gasteiger partial charge >= 0.3 is 0 Å². The Kier molecular flexibility index (Phi) is 2.94. The van der Waals surface area contributed by atoms with Gasteiger partial charge in [-0.25, -0.2) is 8.78 Å². The zero-order valence-corrected chi connectivity index (χ0v) is 12.1. The second-order valence-electron chi connectivity index (χ2n) is 5.11. The lowest BCUT2D eigenvalue weighted by molar-refractivity contribution is 0.510. The number of rotatable bonds is 2. The van der Waals surface area contributed by atoms with Crippen molar-refractivity contribution in [1.82, 2.24) is 19.6 Å². The second-order valence-corrected chi connectivity index (χ2v) is 5.11. The molecule has 7 heteroatoms. The van der Waals surface area contributed by atoms with Gasteiger partial charge in [0.05, 0.1) is 5.52 Å². The Morgan fingerprint density at radius 3 is 2.57 bits per heavy atom. The Bertz CT molecular complexity index is 1010. The summed E-state index contributed by atoms with van der Waals surface area (Å²) in [7, 11) is 1.81. The third-order valence-corrected chi connectivity index (χ3v) is 3.74. The van der Waals surface area contributed by atoms with Crippen molar-refractivity contribution in [2.75, 3.05) is 11.9 Å². The first-order valence-corrected chi connectivity index (χ1v) is 6.92. The normalized spacial score (nSPS) is 11.3. The van der Waals surface area contributed by atoms with Crippen molar-refractivity contribution in [2.45, 2.75) is 0 Å². The molecule has 0 radical (unpaired) electrons. The van der Waals surface area contributed by atoms with Crippen molar-refractivity contribution >= 4 is 28.2 Å². The fourth-order valence-electron chi connectivity index (χ4n) is 2.57. The van der Waals surface area contributed by atoms with Crippen LogP contribution in [0.3, 0.4) is 0 Å². The molecule has 0 saturated heterocycles. The van der Waals surface area contributed by atoms with Crippen LogP contribution in [0.2, 0.25) is 0 Å². The first-order valence-electron chi connectivity index (χ1n) is 6.92. The standard InChI is InChI=1S/C16H11F2N5/c1-22(10-5-3-2-4-6-10)15-11-7-12(17)13(18)8-14(11)23-9-19-21-16(23)20-15/h2-9H,1H3. The zero-order chi connectivity index (χ0) is 16.0. The van der Waals surface area contributed by atoms with E-state index in [1.54, 1.807) is 4.90 Å². The van der Waals surface area contributed by atoms with Gasteiger partial charge in [0.1, 0.15) is 12.1 Å². The van der Waals surface area contributed by atoms with Crippen LogP contribution in [0.25, 0.3) is 16.7 Å². The number of halogens is 2. The third-order valence-electron chi connectivity index (χ3n) is 3.74. The number of anilines is 2. The average Bonchev–Trinajstić information content (AvgIpc) is 3.04. The minimum atomic E-state index is -0.924. The molecule has 4 aromatic rings. The Hall–Kier alpha value is -3.09. The first kappa shape index (κ1) is 13.6. The second kappa shape index (κ2) is 4.98. The molecule has 0 aliphatic rings. The molecule has 5 nitrogen and oxygen atoms in total. The maximum Gasteiger partial charge on any atom is 0.257 e. The van der Waals surface area contributed by atoms with Crippen LogP contribution in [0.1, 0.15) is 0 Å². The summed E-state index contributed by atoms with van der Waals surface area (Å²) in [5, 5.41) is 8.18. The van der Waals surface area contributed by atoms with E-state index in [1.165, 1.54) is 10.7 Å². The van der Waals surface area contributed by atoms with Crippen LogP contribution in [-0.2, 0) is 0 Å². The van der Waals surface area contributed by atoms with E-state index >= 15 is 0 Å². The zero-order valence-electron chi connectivity index (χ0n) is 12.1. The lowest BCUT2D eigenvalue weighted by atomic mass is 10.2. The molecule has 0 aliphatic heterocycles. The van der Waals surface area contributed by atoms with Crippen molar-refractivity contribution < 1.29 is 8.78 Å². The Labute approximate surface area is 129 Å². The smallest absolute Gasteiger partial charge is 0.257 e. The summed E-state index contributed by atoms with van der Waals surface area (Å²) in [6.07, 6.45) is 1.42. The van der Waals surface area contributed by atoms with Gasteiger partial charge in [-0.2, -0.15) is 4.98 Å². The molecular weight excluding hydrogens is 300 g/mol. The summed E-state index contributed by atoms with van der Waals surface area (Å²) in [6, 6.07) is 11.8. The highest BCUT2D eigenvalue weighted by molar-refractivity contribution is 5.93. The average molecular weight is 311 g/mol. The molecule has 23 heavy (non-hydrogen) atoms. The molecule has 0 fully saturated rings. The van der Waals surface area contributed by atoms with Crippen LogP contribution in [-0.4, -0.2) is 26.6 Å². The molecule has 0 spiro atoms. The SMILES string of the molecule is CN(c1ccccc1)c1nc2nncn2c2cc(F)c(F)cc12. The molecule has 2 aromatic carbocycles. The van der Waals surface area contributed by atoms with Gasteiger partial charge in [-0.15, -0.1) is 10.2 Å². The van der Waals surface area contributed by atoms with Crippen LogP contribution in [0.5, 0.6) is 0 Å². The number of hydrogen-bond acceptors (Lipinski definition) is 4. The van der Waals surface area contributed by atoms with Crippen LogP contribution in [0.4, 0.5) is 20.3 Å². The number of para-hydroxylation sites is 1. The van der Waals surface area contributed by atoms with Crippen LogP contribution < -0.4 is 4.90 Å². The van der Waals surface area contributed by atoms with Crippen LogP contribution >= 0.6 is 0 Å². The summed E-state index contributed by atoms with van der Waals surface area (Å²) in [6.45, 7) is 0. The Morgan fingerprint density at radius 1 is 1.04 bits per heavy atom. The summed E-state index contributed by atoms with van der Waals surface area (Å²) in [5.41, 5.74) is 1.33. The minimum Gasteiger partial charge on any atom is -0.329 e. The van der Waals surface area contributed by atoms with E-state index in [9.17, 15) is 8.78 Å². The molecule has 0 amide bonds. The van der Waals surface area contributed by atoms with Crippen LogP contribution in [0.15, 0.2) is 48.8 Å². The summed E-state index contributed by atoms with van der Waals surface area (Å²) < 4.78 is 29.0. The van der Waals surface area contributed by atoms with Gasteiger partial charge in [0, 0.05) is 24.2 Å². The predicted octanol–water partition coefficient (Wildman–Crippen LogP) is 3.32. The maximum absolute atomic E-state index is 13.8. The number of hydrogen-bond donors (Lipinski definition) is 0. The highest BCUT2D eigenvalue weighted by Gasteiger charge is 2.17. The Morgan fingerprint density at radius 2 is 1.78 bits per heavy atom. The summed E-state index contributed by atoms with van der Waals surface area (Å²) >= 11 is 0. The van der Waals surface area contributed by atoms with Crippen molar-refractivity contribution in [3.05, 3.63) is 60.4 Å². The van der Waals surface area contributed by atoms with E-state index in [-0.39, 0.29) is 0 Å². The van der Waals surface area contributed by atoms with Crippen molar-refractivity contribution in [1.29, 1.82) is 0 Å². The van der Waals surface area contributed by atoms with Crippen molar-refractivity contribution in [3.63, 3.8) is 0 Å². The number of nitrogens with zero attached hydrogens (tertiary/aromatic N) is 5. The summed E-state index contributed by atoms with van der Waals surface area (Å²) in [4.78, 5) is 6.24. The molecule has 0 atom stereocenters. The maximum atomic E-state index is 13.8. The topological polar surface area (TPSA) is 46.3 Å². The van der Waals surface area contributed by atoms with Gasteiger partial charge < -0.3 is 4.90 Å². The molecular formula is C16H11F2N5. The lowest BCUT2D eigenvalue weighted by Gasteiger charge is -2.20. The molecule has 0 N–H and O–H groups in total. The van der Waals surface area contributed by atoms with E-state index in [4.69, 9.17) is 0 Å². The number of fused-ring (bicyclic) bond motifs is 3. The van der Waals surface area contributed by atoms with Gasteiger partial charge in [0.25, 0.3) is 5.78 Å². The van der Waals surface area contributed by atoms with Gasteiger partial charge in [-0.3, -0.25) is 4.40 Å². The van der Waals surface area contributed by atoms with Gasteiger partial charge in [-0.05, 0) is 18.2 Å². The quantitative estimate of drug-likeness (QED) is 0.570. The fourth-order valence-corrected chi connectivity index (χ4v) is 2.57. The van der Waals surface area contributed by atoms with Crippen LogP contribution in [0, 0.1) is 11.6 Å². The number of aromatic nitrogens is 4.